The number of methoxy groups -OCH3 is 2. The minimum atomic E-state index is -0.415. The molecule has 0 saturated heterocycles. The average molecular weight is 440 g/mol. The van der Waals surface area contributed by atoms with E-state index < -0.39 is 5.78 Å². The van der Waals surface area contributed by atoms with Crippen LogP contribution in [0.5, 0.6) is 17.2 Å². The molecule has 0 radical (unpaired) electrons. The highest BCUT2D eigenvalue weighted by Crippen LogP contribution is 2.40. The van der Waals surface area contributed by atoms with Crippen molar-refractivity contribution >= 4 is 23.5 Å². The van der Waals surface area contributed by atoms with Crippen LogP contribution in [-0.2, 0) is 16.0 Å². The Morgan fingerprint density at radius 3 is 2.31 bits per heavy atom. The third-order valence-electron chi connectivity index (χ3n) is 4.50. The fourth-order valence-corrected chi connectivity index (χ4v) is 2.95. The third-order valence-corrected chi connectivity index (χ3v) is 4.50. The van der Waals surface area contributed by atoms with Crippen LogP contribution in [0.15, 0.2) is 48.1 Å². The van der Waals surface area contributed by atoms with E-state index in [1.54, 1.807) is 36.4 Å². The van der Waals surface area contributed by atoms with E-state index >= 15 is 0 Å². The number of ketones is 1. The smallest absolute Gasteiger partial charge is 0.221 e. The number of carbonyl (C=O) groups excluding carboxylic acids is 2. The fraction of sp³-hybridized carbons (Fsp3) is 0.280. The van der Waals surface area contributed by atoms with Crippen LogP contribution in [0.25, 0.3) is 6.08 Å². The van der Waals surface area contributed by atoms with E-state index in [0.717, 1.165) is 11.1 Å². The predicted molar refractivity (Wildman–Crippen MR) is 124 cm³/mol. The predicted octanol–water partition coefficient (Wildman–Crippen LogP) is 4.75. The molecule has 0 heterocycles. The van der Waals surface area contributed by atoms with Gasteiger partial charge in [0.2, 0.25) is 5.91 Å². The summed E-state index contributed by atoms with van der Waals surface area (Å²) in [4.78, 5) is 24.1. The Hall–Kier alpha value is -3.58. The van der Waals surface area contributed by atoms with Gasteiger partial charge in [-0.15, -0.1) is 0 Å². The number of rotatable bonds is 10. The number of hydrogen-bond acceptors (Lipinski definition) is 6. The standard InChI is InChI=1S/C25H29NO6/c1-16(2)6-12-20-22(32-15-30-4)14-23(31-5)24(25(20)29)21(28)13-9-18-7-10-19(11-8-18)26-17(3)27/h6-11,13-14,29H,12,15H2,1-5H3,(H,26,27). The summed E-state index contributed by atoms with van der Waals surface area (Å²) in [5, 5.41) is 13.6. The fourth-order valence-electron chi connectivity index (χ4n) is 2.95. The van der Waals surface area contributed by atoms with Gasteiger partial charge in [0, 0.05) is 31.4 Å². The molecule has 0 atom stereocenters. The number of hydrogen-bond donors (Lipinski definition) is 2. The zero-order valence-corrected chi connectivity index (χ0v) is 19.0. The van der Waals surface area contributed by atoms with E-state index in [0.29, 0.717) is 23.4 Å². The first-order chi connectivity index (χ1) is 15.3. The maximum absolute atomic E-state index is 13.0. The summed E-state index contributed by atoms with van der Waals surface area (Å²) in [5.74, 6) is -0.184. The van der Waals surface area contributed by atoms with Crippen molar-refractivity contribution in [2.24, 2.45) is 0 Å². The van der Waals surface area contributed by atoms with Crippen LogP contribution >= 0.6 is 0 Å². The van der Waals surface area contributed by atoms with Crippen LogP contribution in [0.3, 0.4) is 0 Å². The van der Waals surface area contributed by atoms with Crippen molar-refractivity contribution in [1.29, 1.82) is 0 Å². The minimum absolute atomic E-state index is 0.00784. The maximum atomic E-state index is 13.0. The van der Waals surface area contributed by atoms with Gasteiger partial charge in [0.25, 0.3) is 0 Å². The van der Waals surface area contributed by atoms with Crippen molar-refractivity contribution in [3.63, 3.8) is 0 Å². The van der Waals surface area contributed by atoms with Gasteiger partial charge in [0.1, 0.15) is 22.8 Å². The lowest BCUT2D eigenvalue weighted by Gasteiger charge is -2.17. The number of phenols is 1. The summed E-state index contributed by atoms with van der Waals surface area (Å²) in [6.07, 6.45) is 5.31. The van der Waals surface area contributed by atoms with Gasteiger partial charge in [-0.05, 0) is 44.0 Å². The molecule has 7 heteroatoms. The second kappa shape index (κ2) is 11.7. The SMILES string of the molecule is COCOc1cc(OC)c(C(=O)C=Cc2ccc(NC(C)=O)cc2)c(O)c1CC=C(C)C. The number of nitrogens with one attached hydrogen (secondary N) is 1. The molecule has 0 fully saturated rings. The summed E-state index contributed by atoms with van der Waals surface area (Å²) in [6.45, 7) is 5.32. The minimum Gasteiger partial charge on any atom is -0.507 e. The lowest BCUT2D eigenvalue weighted by molar-refractivity contribution is -0.114. The van der Waals surface area contributed by atoms with Crippen LogP contribution < -0.4 is 14.8 Å². The van der Waals surface area contributed by atoms with Crippen molar-refractivity contribution in [2.45, 2.75) is 27.2 Å². The summed E-state index contributed by atoms with van der Waals surface area (Å²) < 4.78 is 15.9. The zero-order valence-electron chi connectivity index (χ0n) is 19.0. The Kier molecular flexibility index (Phi) is 9.04. The number of aromatic hydroxyl groups is 1. The number of anilines is 1. The van der Waals surface area contributed by atoms with E-state index in [1.807, 2.05) is 19.9 Å². The van der Waals surface area contributed by atoms with E-state index in [2.05, 4.69) is 5.32 Å². The molecule has 0 aliphatic heterocycles. The summed E-state index contributed by atoms with van der Waals surface area (Å²) in [6, 6.07) is 8.60. The molecule has 170 valence electrons. The maximum Gasteiger partial charge on any atom is 0.221 e. The Balaban J connectivity index is 2.40. The van der Waals surface area contributed by atoms with Crippen molar-refractivity contribution in [1.82, 2.24) is 0 Å². The van der Waals surface area contributed by atoms with Crippen molar-refractivity contribution < 1.29 is 28.9 Å². The van der Waals surface area contributed by atoms with Crippen molar-refractivity contribution in [3.8, 4) is 17.2 Å². The first-order valence-electron chi connectivity index (χ1n) is 10.0. The van der Waals surface area contributed by atoms with Gasteiger partial charge in [-0.1, -0.05) is 29.9 Å². The first-order valence-corrected chi connectivity index (χ1v) is 10.0. The van der Waals surface area contributed by atoms with Gasteiger partial charge in [0.05, 0.1) is 7.11 Å². The molecular weight excluding hydrogens is 410 g/mol. The van der Waals surface area contributed by atoms with Gasteiger partial charge in [-0.2, -0.15) is 0 Å². The molecule has 0 aromatic heterocycles. The molecule has 0 aliphatic rings. The topological polar surface area (TPSA) is 94.1 Å². The summed E-state index contributed by atoms with van der Waals surface area (Å²) in [7, 11) is 2.92. The molecule has 0 aliphatic carbocycles. The molecule has 2 N–H and O–H groups in total. The van der Waals surface area contributed by atoms with E-state index in [9.17, 15) is 14.7 Å². The highest BCUT2D eigenvalue weighted by molar-refractivity contribution is 6.11. The number of phenolic OH excluding ortho intramolecular Hbond substituents is 1. The Labute approximate surface area is 188 Å². The average Bonchev–Trinajstić information content (AvgIpc) is 2.75. The second-order valence-electron chi connectivity index (χ2n) is 7.32. The van der Waals surface area contributed by atoms with Gasteiger partial charge < -0.3 is 24.6 Å². The molecule has 0 spiro atoms. The molecule has 32 heavy (non-hydrogen) atoms. The van der Waals surface area contributed by atoms with Gasteiger partial charge >= 0.3 is 0 Å². The van der Waals surface area contributed by atoms with Crippen LogP contribution in [0.1, 0.15) is 42.3 Å². The second-order valence-corrected chi connectivity index (χ2v) is 7.32. The molecule has 0 unspecified atom stereocenters. The van der Waals surface area contributed by atoms with Gasteiger partial charge in [0.15, 0.2) is 12.6 Å². The summed E-state index contributed by atoms with van der Waals surface area (Å²) in [5.41, 5.74) is 3.01. The molecule has 7 nitrogen and oxygen atoms in total. The van der Waals surface area contributed by atoms with E-state index in [1.165, 1.54) is 27.2 Å². The van der Waals surface area contributed by atoms with Crippen LogP contribution in [-0.4, -0.2) is 37.8 Å². The molecule has 2 rings (SSSR count). The van der Waals surface area contributed by atoms with Crippen LogP contribution in [0, 0.1) is 0 Å². The molecule has 2 aromatic carbocycles. The molecule has 0 saturated carbocycles. The lowest BCUT2D eigenvalue weighted by Crippen LogP contribution is -2.07. The molecule has 1 amide bonds. The van der Waals surface area contributed by atoms with Crippen molar-refractivity contribution in [2.75, 3.05) is 26.3 Å². The summed E-state index contributed by atoms with van der Waals surface area (Å²) >= 11 is 0. The Morgan fingerprint density at radius 2 is 1.75 bits per heavy atom. The third kappa shape index (κ3) is 6.72. The number of amides is 1. The zero-order chi connectivity index (χ0) is 23.7. The molecule has 0 bridgehead atoms. The monoisotopic (exact) mass is 439 g/mol. The quantitative estimate of drug-likeness (QED) is 0.240. The first kappa shape index (κ1) is 24.7. The largest absolute Gasteiger partial charge is 0.507 e. The normalized spacial score (nSPS) is 10.7. The van der Waals surface area contributed by atoms with Gasteiger partial charge in [-0.3, -0.25) is 9.59 Å². The van der Waals surface area contributed by atoms with Crippen molar-refractivity contribution in [3.05, 3.63) is 64.7 Å². The number of ether oxygens (including phenoxy) is 3. The highest BCUT2D eigenvalue weighted by atomic mass is 16.7. The van der Waals surface area contributed by atoms with E-state index in [4.69, 9.17) is 14.2 Å². The molecule has 2 aromatic rings. The lowest BCUT2D eigenvalue weighted by atomic mass is 9.99. The van der Waals surface area contributed by atoms with E-state index in [-0.39, 0.29) is 29.8 Å². The van der Waals surface area contributed by atoms with Gasteiger partial charge in [-0.25, -0.2) is 0 Å². The number of allylic oxidation sites excluding steroid dienone is 3. The highest BCUT2D eigenvalue weighted by Gasteiger charge is 2.23. The Morgan fingerprint density at radius 1 is 1.06 bits per heavy atom. The van der Waals surface area contributed by atoms with Crippen LogP contribution in [0.4, 0.5) is 5.69 Å². The Bertz CT molecular complexity index is 1020. The number of benzene rings is 2. The number of carbonyl (C=O) groups is 2. The molecular formula is C25H29NO6. The van der Waals surface area contributed by atoms with Crippen LogP contribution in [0.2, 0.25) is 0 Å².